The molecular weight excluding hydrogens is 196 g/mol. The van der Waals surface area contributed by atoms with Crippen LogP contribution in [0.15, 0.2) is 30.4 Å². The molecule has 14 heavy (non-hydrogen) atoms. The highest BCUT2D eigenvalue weighted by molar-refractivity contribution is 6.30. The van der Waals surface area contributed by atoms with Gasteiger partial charge in [-0.1, -0.05) is 23.8 Å². The molecule has 0 spiro atoms. The molecule has 0 amide bonds. The van der Waals surface area contributed by atoms with Gasteiger partial charge in [0.25, 0.3) is 0 Å². The highest BCUT2D eigenvalue weighted by Gasteiger charge is 2.08. The molecule has 0 heterocycles. The molecule has 0 aliphatic heterocycles. The molecule has 0 bridgehead atoms. The lowest BCUT2D eigenvalue weighted by atomic mass is 10.0. The second-order valence-electron chi connectivity index (χ2n) is 3.52. The monoisotopic (exact) mass is 208 g/mol. The van der Waals surface area contributed by atoms with E-state index in [2.05, 4.69) is 6.58 Å². The van der Waals surface area contributed by atoms with Crippen LogP contribution in [0.5, 0.6) is 0 Å². The molecule has 0 saturated heterocycles. The lowest BCUT2D eigenvalue weighted by Crippen LogP contribution is -2.01. The van der Waals surface area contributed by atoms with Crippen molar-refractivity contribution in [3.8, 4) is 0 Å². The van der Waals surface area contributed by atoms with Crippen LogP contribution in [0, 0.1) is 6.92 Å². The van der Waals surface area contributed by atoms with Gasteiger partial charge in [-0.2, -0.15) is 0 Å². The molecule has 0 aliphatic rings. The largest absolute Gasteiger partial charge is 0.294 e. The number of halogens is 1. The van der Waals surface area contributed by atoms with Gasteiger partial charge >= 0.3 is 0 Å². The lowest BCUT2D eigenvalue weighted by Gasteiger charge is -2.04. The summed E-state index contributed by atoms with van der Waals surface area (Å²) < 4.78 is 0. The van der Waals surface area contributed by atoms with Crippen LogP contribution < -0.4 is 0 Å². The number of aryl methyl sites for hydroxylation is 1. The number of ketones is 1. The van der Waals surface area contributed by atoms with E-state index in [9.17, 15) is 4.79 Å². The lowest BCUT2D eigenvalue weighted by molar-refractivity contribution is 0.0992. The number of carbonyl (C=O) groups excluding carboxylic acids is 1. The van der Waals surface area contributed by atoms with Gasteiger partial charge in [-0.05, 0) is 37.6 Å². The van der Waals surface area contributed by atoms with Crippen molar-refractivity contribution in [1.29, 1.82) is 0 Å². The van der Waals surface area contributed by atoms with E-state index in [4.69, 9.17) is 11.6 Å². The topological polar surface area (TPSA) is 17.1 Å². The summed E-state index contributed by atoms with van der Waals surface area (Å²) in [5.74, 6) is 0.103. The first kappa shape index (κ1) is 11.0. The predicted molar refractivity (Wildman–Crippen MR) is 60.0 cm³/mol. The molecule has 0 saturated carbocycles. The van der Waals surface area contributed by atoms with Crippen molar-refractivity contribution in [2.45, 2.75) is 20.3 Å². The number of hydrogen-bond donors (Lipinski definition) is 0. The quantitative estimate of drug-likeness (QED) is 0.546. The number of carbonyl (C=O) groups is 1. The van der Waals surface area contributed by atoms with Crippen molar-refractivity contribution >= 4 is 17.4 Å². The Labute approximate surface area is 89.4 Å². The molecule has 74 valence electrons. The summed E-state index contributed by atoms with van der Waals surface area (Å²) in [6, 6.07) is 5.30. The van der Waals surface area contributed by atoms with E-state index in [1.165, 1.54) is 0 Å². The predicted octanol–water partition coefficient (Wildman–Crippen LogP) is 3.80. The molecule has 0 radical (unpaired) electrons. The summed E-state index contributed by atoms with van der Waals surface area (Å²) in [6.07, 6.45) is 0.405. The Balaban J connectivity index is 2.96. The Morgan fingerprint density at radius 1 is 1.50 bits per heavy atom. The van der Waals surface area contributed by atoms with E-state index in [-0.39, 0.29) is 5.78 Å². The zero-order valence-electron chi connectivity index (χ0n) is 8.43. The van der Waals surface area contributed by atoms with Crippen LogP contribution in [-0.4, -0.2) is 5.78 Å². The number of benzene rings is 1. The molecule has 0 N–H and O–H groups in total. The van der Waals surface area contributed by atoms with Crippen LogP contribution in [0.1, 0.15) is 29.3 Å². The molecule has 1 aromatic rings. The number of Topliss-reactive ketones (excluding diaryl/α,β-unsaturated/α-hetero) is 1. The summed E-state index contributed by atoms with van der Waals surface area (Å²) >= 11 is 5.80. The summed E-state index contributed by atoms with van der Waals surface area (Å²) in [4.78, 5) is 11.7. The summed E-state index contributed by atoms with van der Waals surface area (Å²) in [5.41, 5.74) is 2.53. The van der Waals surface area contributed by atoms with E-state index in [1.807, 2.05) is 13.8 Å². The van der Waals surface area contributed by atoms with Crippen molar-refractivity contribution in [3.05, 3.63) is 46.5 Å². The zero-order valence-corrected chi connectivity index (χ0v) is 9.19. The summed E-state index contributed by atoms with van der Waals surface area (Å²) in [7, 11) is 0. The Morgan fingerprint density at radius 2 is 2.14 bits per heavy atom. The molecule has 0 aliphatic carbocycles. The van der Waals surface area contributed by atoms with Crippen LogP contribution in [0.4, 0.5) is 0 Å². The fourth-order valence-electron chi connectivity index (χ4n) is 1.31. The van der Waals surface area contributed by atoms with E-state index in [0.717, 1.165) is 16.7 Å². The maximum atomic E-state index is 11.7. The standard InChI is InChI=1S/C12H13ClO/c1-8(2)6-12(14)11-5-4-10(13)7-9(11)3/h4-5,7H,1,6H2,2-3H3. The third kappa shape index (κ3) is 2.71. The van der Waals surface area contributed by atoms with Gasteiger partial charge in [-0.15, -0.1) is 0 Å². The van der Waals surface area contributed by atoms with Gasteiger partial charge < -0.3 is 0 Å². The minimum Gasteiger partial charge on any atom is -0.294 e. The molecule has 0 atom stereocenters. The number of rotatable bonds is 3. The highest BCUT2D eigenvalue weighted by atomic mass is 35.5. The fraction of sp³-hybridized carbons (Fsp3) is 0.250. The van der Waals surface area contributed by atoms with Crippen LogP contribution in [-0.2, 0) is 0 Å². The molecule has 2 heteroatoms. The van der Waals surface area contributed by atoms with Crippen molar-refractivity contribution in [1.82, 2.24) is 0 Å². The van der Waals surface area contributed by atoms with E-state index < -0.39 is 0 Å². The van der Waals surface area contributed by atoms with Gasteiger partial charge in [0.1, 0.15) is 0 Å². The average molecular weight is 209 g/mol. The molecule has 0 unspecified atom stereocenters. The first-order valence-corrected chi connectivity index (χ1v) is 4.82. The Bertz CT molecular complexity index is 380. The molecule has 1 nitrogen and oxygen atoms in total. The van der Waals surface area contributed by atoms with Gasteiger partial charge in [-0.3, -0.25) is 4.79 Å². The molecule has 1 rings (SSSR count). The third-order valence-electron chi connectivity index (χ3n) is 1.95. The van der Waals surface area contributed by atoms with E-state index >= 15 is 0 Å². The van der Waals surface area contributed by atoms with Crippen molar-refractivity contribution in [2.75, 3.05) is 0 Å². The normalized spacial score (nSPS) is 9.93. The molecule has 1 aromatic carbocycles. The van der Waals surface area contributed by atoms with Crippen LogP contribution in [0.25, 0.3) is 0 Å². The molecule has 0 fully saturated rings. The maximum absolute atomic E-state index is 11.7. The fourth-order valence-corrected chi connectivity index (χ4v) is 1.54. The van der Waals surface area contributed by atoms with Crippen LogP contribution in [0.2, 0.25) is 5.02 Å². The minimum absolute atomic E-state index is 0.103. The summed E-state index contributed by atoms with van der Waals surface area (Å²) in [6.45, 7) is 7.46. The van der Waals surface area contributed by atoms with Crippen LogP contribution in [0.3, 0.4) is 0 Å². The van der Waals surface area contributed by atoms with Crippen LogP contribution >= 0.6 is 11.6 Å². The van der Waals surface area contributed by atoms with Gasteiger partial charge in [0.2, 0.25) is 0 Å². The average Bonchev–Trinajstić information content (AvgIpc) is 2.01. The second kappa shape index (κ2) is 4.43. The van der Waals surface area contributed by atoms with E-state index in [0.29, 0.717) is 11.4 Å². The first-order chi connectivity index (χ1) is 6.50. The second-order valence-corrected chi connectivity index (χ2v) is 3.95. The van der Waals surface area contributed by atoms with Gasteiger partial charge in [-0.25, -0.2) is 0 Å². The minimum atomic E-state index is 0.103. The zero-order chi connectivity index (χ0) is 10.7. The summed E-state index contributed by atoms with van der Waals surface area (Å²) in [5, 5.41) is 0.661. The third-order valence-corrected chi connectivity index (χ3v) is 2.19. The highest BCUT2D eigenvalue weighted by Crippen LogP contribution is 2.17. The van der Waals surface area contributed by atoms with Gasteiger partial charge in [0.15, 0.2) is 5.78 Å². The number of allylic oxidation sites excluding steroid dienone is 1. The molecule has 0 aromatic heterocycles. The first-order valence-electron chi connectivity index (χ1n) is 4.44. The SMILES string of the molecule is C=C(C)CC(=O)c1ccc(Cl)cc1C. The smallest absolute Gasteiger partial charge is 0.167 e. The molecular formula is C12H13ClO. The van der Waals surface area contributed by atoms with Crippen molar-refractivity contribution in [3.63, 3.8) is 0 Å². The van der Waals surface area contributed by atoms with E-state index in [1.54, 1.807) is 18.2 Å². The van der Waals surface area contributed by atoms with Crippen molar-refractivity contribution in [2.24, 2.45) is 0 Å². The Kier molecular flexibility index (Phi) is 3.48. The van der Waals surface area contributed by atoms with Gasteiger partial charge in [0, 0.05) is 17.0 Å². The Hall–Kier alpha value is -1.08. The maximum Gasteiger partial charge on any atom is 0.167 e. The van der Waals surface area contributed by atoms with Gasteiger partial charge in [0.05, 0.1) is 0 Å². The Morgan fingerprint density at radius 3 is 2.64 bits per heavy atom. The van der Waals surface area contributed by atoms with Crippen molar-refractivity contribution < 1.29 is 4.79 Å². The number of hydrogen-bond acceptors (Lipinski definition) is 1.